The molecule has 1 atom stereocenters. The maximum Gasteiger partial charge on any atom is 0.157 e. The van der Waals surface area contributed by atoms with Crippen LogP contribution in [-0.4, -0.2) is 65.1 Å². The third-order valence-electron chi connectivity index (χ3n) is 4.26. The van der Waals surface area contributed by atoms with E-state index in [0.29, 0.717) is 6.42 Å². The average molecular weight is 357 g/mol. The zero-order valence-corrected chi connectivity index (χ0v) is 15.0. The molecule has 1 fully saturated rings. The summed E-state index contributed by atoms with van der Waals surface area (Å²) in [6, 6.07) is -0.0130. The number of carbonyl (C=O) groups is 1. The lowest BCUT2D eigenvalue weighted by atomic mass is 10.0. The number of aromatic nitrogens is 2. The Kier molecular flexibility index (Phi) is 5.57. The van der Waals surface area contributed by atoms with Crippen LogP contribution in [0.4, 0.5) is 0 Å². The fraction of sp³-hybridized carbons (Fsp3) is 0.733. The molecule has 1 aromatic rings. The molecule has 1 saturated heterocycles. The number of rotatable bonds is 5. The Morgan fingerprint density at radius 3 is 2.67 bits per heavy atom. The Morgan fingerprint density at radius 2 is 2.05 bits per heavy atom. The maximum atomic E-state index is 12.7. The van der Waals surface area contributed by atoms with Crippen LogP contribution >= 0.6 is 15.9 Å². The minimum atomic E-state index is -0.0130. The van der Waals surface area contributed by atoms with Crippen LogP contribution in [0.3, 0.4) is 0 Å². The smallest absolute Gasteiger partial charge is 0.157 e. The summed E-state index contributed by atoms with van der Waals surface area (Å²) in [5.41, 5.74) is 2.05. The van der Waals surface area contributed by atoms with Gasteiger partial charge in [0.2, 0.25) is 0 Å². The van der Waals surface area contributed by atoms with Gasteiger partial charge in [0.1, 0.15) is 0 Å². The standard InChI is InChI=1S/C15H25BrN4O/c1-5-11-15(16)12(20(6-2)17-11)9-14(21)13-10-18(3)7-8-19(13)4/h13H,5-10H2,1-4H3. The lowest BCUT2D eigenvalue weighted by Crippen LogP contribution is -2.54. The van der Waals surface area contributed by atoms with Crippen LogP contribution in [0, 0.1) is 0 Å². The van der Waals surface area contributed by atoms with Gasteiger partial charge in [-0.25, -0.2) is 0 Å². The summed E-state index contributed by atoms with van der Waals surface area (Å²) >= 11 is 3.62. The lowest BCUT2D eigenvalue weighted by molar-refractivity contribution is -0.125. The van der Waals surface area contributed by atoms with Crippen molar-refractivity contribution >= 4 is 21.7 Å². The molecular formula is C15H25BrN4O. The largest absolute Gasteiger partial charge is 0.303 e. The first-order valence-electron chi connectivity index (χ1n) is 7.63. The average Bonchev–Trinajstić information content (AvgIpc) is 2.77. The van der Waals surface area contributed by atoms with Crippen molar-refractivity contribution in [1.29, 1.82) is 0 Å². The van der Waals surface area contributed by atoms with Gasteiger partial charge >= 0.3 is 0 Å². The lowest BCUT2D eigenvalue weighted by Gasteiger charge is -2.36. The summed E-state index contributed by atoms with van der Waals surface area (Å²) in [7, 11) is 4.12. The molecule has 0 saturated carbocycles. The second kappa shape index (κ2) is 7.03. The summed E-state index contributed by atoms with van der Waals surface area (Å²) in [6.45, 7) is 7.73. The summed E-state index contributed by atoms with van der Waals surface area (Å²) in [5.74, 6) is 0.280. The quantitative estimate of drug-likeness (QED) is 0.803. The number of aryl methyl sites for hydroxylation is 2. The van der Waals surface area contributed by atoms with Gasteiger partial charge in [0.15, 0.2) is 5.78 Å². The van der Waals surface area contributed by atoms with Crippen molar-refractivity contribution in [3.8, 4) is 0 Å². The first-order valence-corrected chi connectivity index (χ1v) is 8.42. The molecule has 1 aromatic heterocycles. The van der Waals surface area contributed by atoms with Gasteiger partial charge < -0.3 is 4.90 Å². The Hall–Kier alpha value is -0.720. The van der Waals surface area contributed by atoms with Crippen molar-refractivity contribution in [2.24, 2.45) is 0 Å². The van der Waals surface area contributed by atoms with Crippen LogP contribution in [0.25, 0.3) is 0 Å². The topological polar surface area (TPSA) is 41.4 Å². The van der Waals surface area contributed by atoms with E-state index in [1.54, 1.807) is 0 Å². The molecule has 1 aliphatic rings. The monoisotopic (exact) mass is 356 g/mol. The highest BCUT2D eigenvalue weighted by Crippen LogP contribution is 2.24. The number of likely N-dealkylation sites (N-methyl/N-ethyl adjacent to an activating group) is 2. The van der Waals surface area contributed by atoms with Gasteiger partial charge in [0.25, 0.3) is 0 Å². The molecule has 5 nitrogen and oxygen atoms in total. The van der Waals surface area contributed by atoms with Crippen LogP contribution in [0.2, 0.25) is 0 Å². The van der Waals surface area contributed by atoms with E-state index in [9.17, 15) is 4.79 Å². The number of piperazine rings is 1. The first-order chi connectivity index (χ1) is 9.97. The van der Waals surface area contributed by atoms with E-state index >= 15 is 0 Å². The molecule has 1 aliphatic heterocycles. The Bertz CT molecular complexity index is 514. The molecule has 6 heteroatoms. The van der Waals surface area contributed by atoms with Crippen molar-refractivity contribution in [1.82, 2.24) is 19.6 Å². The number of hydrogen-bond donors (Lipinski definition) is 0. The van der Waals surface area contributed by atoms with Crippen molar-refractivity contribution in [3.63, 3.8) is 0 Å². The zero-order valence-electron chi connectivity index (χ0n) is 13.4. The fourth-order valence-corrected chi connectivity index (χ4v) is 3.53. The van der Waals surface area contributed by atoms with Gasteiger partial charge in [-0.15, -0.1) is 0 Å². The minimum Gasteiger partial charge on any atom is -0.303 e. The number of hydrogen-bond acceptors (Lipinski definition) is 4. The summed E-state index contributed by atoms with van der Waals surface area (Å²) in [4.78, 5) is 17.1. The predicted octanol–water partition coefficient (Wildman–Crippen LogP) is 1.59. The molecule has 2 rings (SSSR count). The van der Waals surface area contributed by atoms with Crippen molar-refractivity contribution in [2.75, 3.05) is 33.7 Å². The molecule has 0 N–H and O–H groups in total. The van der Waals surface area contributed by atoms with Crippen LogP contribution in [0.5, 0.6) is 0 Å². The molecule has 2 heterocycles. The van der Waals surface area contributed by atoms with Crippen molar-refractivity contribution < 1.29 is 4.79 Å². The van der Waals surface area contributed by atoms with Crippen LogP contribution in [0.1, 0.15) is 25.2 Å². The molecule has 0 aromatic carbocycles. The molecule has 0 bridgehead atoms. The second-order valence-electron chi connectivity index (χ2n) is 5.78. The van der Waals surface area contributed by atoms with Gasteiger partial charge in [0.05, 0.1) is 28.3 Å². The summed E-state index contributed by atoms with van der Waals surface area (Å²) < 4.78 is 2.96. The molecule has 0 radical (unpaired) electrons. The molecule has 0 spiro atoms. The predicted molar refractivity (Wildman–Crippen MR) is 87.6 cm³/mol. The Balaban J connectivity index is 2.17. The SMILES string of the molecule is CCc1nn(CC)c(CC(=O)C2CN(C)CCN2C)c1Br. The van der Waals surface area contributed by atoms with E-state index in [0.717, 1.165) is 48.5 Å². The number of carbonyl (C=O) groups excluding carboxylic acids is 1. The highest BCUT2D eigenvalue weighted by Gasteiger charge is 2.29. The fourth-order valence-electron chi connectivity index (χ4n) is 2.83. The molecule has 0 aliphatic carbocycles. The Morgan fingerprint density at radius 1 is 1.33 bits per heavy atom. The summed E-state index contributed by atoms with van der Waals surface area (Å²) in [6.07, 6.45) is 1.32. The van der Waals surface area contributed by atoms with Gasteiger partial charge in [-0.05, 0) is 43.4 Å². The van der Waals surface area contributed by atoms with E-state index in [1.807, 2.05) is 11.7 Å². The molecule has 1 unspecified atom stereocenters. The van der Waals surface area contributed by atoms with Crippen LogP contribution < -0.4 is 0 Å². The molecular weight excluding hydrogens is 332 g/mol. The maximum absolute atomic E-state index is 12.7. The summed E-state index contributed by atoms with van der Waals surface area (Å²) in [5, 5.41) is 4.57. The van der Waals surface area contributed by atoms with Gasteiger partial charge in [-0.3, -0.25) is 14.4 Å². The third kappa shape index (κ3) is 3.55. The van der Waals surface area contributed by atoms with Crippen LogP contribution in [-0.2, 0) is 24.2 Å². The second-order valence-corrected chi connectivity index (χ2v) is 6.57. The van der Waals surface area contributed by atoms with Gasteiger partial charge in [-0.2, -0.15) is 5.10 Å². The third-order valence-corrected chi connectivity index (χ3v) is 5.17. The normalized spacial score (nSPS) is 20.9. The van der Waals surface area contributed by atoms with Crippen molar-refractivity contribution in [2.45, 2.75) is 39.3 Å². The number of nitrogens with zero attached hydrogens (tertiary/aromatic N) is 4. The Labute approximate surface area is 135 Å². The number of ketones is 1. The van der Waals surface area contributed by atoms with E-state index in [-0.39, 0.29) is 11.8 Å². The minimum absolute atomic E-state index is 0.0130. The highest BCUT2D eigenvalue weighted by molar-refractivity contribution is 9.10. The van der Waals surface area contributed by atoms with E-state index < -0.39 is 0 Å². The number of halogens is 1. The van der Waals surface area contributed by atoms with Crippen molar-refractivity contribution in [3.05, 3.63) is 15.9 Å². The van der Waals surface area contributed by atoms with Gasteiger partial charge in [-0.1, -0.05) is 6.92 Å². The molecule has 0 amide bonds. The number of Topliss-reactive ketones (excluding diaryl/α,β-unsaturated/α-hetero) is 1. The van der Waals surface area contributed by atoms with Crippen LogP contribution in [0.15, 0.2) is 4.47 Å². The first kappa shape index (κ1) is 16.6. The van der Waals surface area contributed by atoms with E-state index in [2.05, 4.69) is 51.7 Å². The highest BCUT2D eigenvalue weighted by atomic mass is 79.9. The van der Waals surface area contributed by atoms with E-state index in [1.165, 1.54) is 0 Å². The van der Waals surface area contributed by atoms with E-state index in [4.69, 9.17) is 0 Å². The molecule has 118 valence electrons. The van der Waals surface area contributed by atoms with Gasteiger partial charge in [0, 0.05) is 26.2 Å². The molecule has 21 heavy (non-hydrogen) atoms. The zero-order chi connectivity index (χ0) is 15.6.